The van der Waals surface area contributed by atoms with Crippen LogP contribution in [0.1, 0.15) is 51.5 Å². The van der Waals surface area contributed by atoms with E-state index < -0.39 is 11.5 Å². The fourth-order valence-electron chi connectivity index (χ4n) is 6.82. The maximum atomic E-state index is 12.4. The number of anilines is 1. The van der Waals surface area contributed by atoms with Gasteiger partial charge in [0.25, 0.3) is 0 Å². The highest BCUT2D eigenvalue weighted by molar-refractivity contribution is 7.99. The molecule has 0 radical (unpaired) electrons. The van der Waals surface area contributed by atoms with Gasteiger partial charge in [0.15, 0.2) is 0 Å². The first-order valence-electron chi connectivity index (χ1n) is 16.1. The van der Waals surface area contributed by atoms with Gasteiger partial charge in [-0.05, 0) is 87.2 Å². The third kappa shape index (κ3) is 7.94. The summed E-state index contributed by atoms with van der Waals surface area (Å²) in [5.74, 6) is 0.872. The van der Waals surface area contributed by atoms with Gasteiger partial charge < -0.3 is 19.9 Å². The number of amides is 1. The molecule has 232 valence electrons. The van der Waals surface area contributed by atoms with Crippen molar-refractivity contribution in [2.75, 3.05) is 44.2 Å². The van der Waals surface area contributed by atoms with Gasteiger partial charge in [-0.1, -0.05) is 55.4 Å². The summed E-state index contributed by atoms with van der Waals surface area (Å²) in [5.41, 5.74) is 1.65. The van der Waals surface area contributed by atoms with Crippen LogP contribution in [0.15, 0.2) is 88.9 Å². The number of carbonyl (C=O) groups is 1. The van der Waals surface area contributed by atoms with E-state index in [0.717, 1.165) is 64.0 Å². The van der Waals surface area contributed by atoms with E-state index >= 15 is 0 Å². The molecular formula is C36H45N5O2S. The number of ether oxygens (including phenoxy) is 1. The van der Waals surface area contributed by atoms with Gasteiger partial charge in [-0.25, -0.2) is 4.79 Å². The molecule has 2 unspecified atom stereocenters. The minimum absolute atomic E-state index is 0.213. The van der Waals surface area contributed by atoms with E-state index in [1.54, 1.807) is 11.8 Å². The topological polar surface area (TPSA) is 81.5 Å². The molecule has 2 saturated heterocycles. The number of carbonyl (C=O) groups excluding carboxylic acids is 1. The van der Waals surface area contributed by atoms with Gasteiger partial charge in [0, 0.05) is 66.4 Å². The van der Waals surface area contributed by atoms with Gasteiger partial charge in [-0.3, -0.25) is 4.98 Å². The van der Waals surface area contributed by atoms with Crippen molar-refractivity contribution in [2.45, 2.75) is 67.3 Å². The fraction of sp³-hybridized carbons (Fsp3) is 0.472. The van der Waals surface area contributed by atoms with Crippen LogP contribution in [0.2, 0.25) is 0 Å². The molecule has 0 saturated carbocycles. The minimum atomic E-state index is -0.686. The molecule has 1 amide bonds. The Labute approximate surface area is 267 Å². The smallest absolute Gasteiger partial charge is 0.407 e. The van der Waals surface area contributed by atoms with Crippen LogP contribution in [0.4, 0.5) is 10.5 Å². The number of aromatic nitrogens is 1. The zero-order valence-corrected chi connectivity index (χ0v) is 26.8. The summed E-state index contributed by atoms with van der Waals surface area (Å²) in [6, 6.07) is 25.9. The molecule has 2 fully saturated rings. The van der Waals surface area contributed by atoms with E-state index in [9.17, 15) is 10.1 Å². The Hall–Kier alpha value is -3.54. The van der Waals surface area contributed by atoms with Crippen molar-refractivity contribution in [3.8, 4) is 6.07 Å². The molecule has 5 rings (SSSR count). The van der Waals surface area contributed by atoms with Gasteiger partial charge in [-0.2, -0.15) is 5.26 Å². The van der Waals surface area contributed by atoms with Crippen LogP contribution < -0.4 is 10.2 Å². The Morgan fingerprint density at radius 1 is 1.05 bits per heavy atom. The number of hydrogen-bond donors (Lipinski definition) is 1. The molecule has 7 nitrogen and oxygen atoms in total. The van der Waals surface area contributed by atoms with E-state index in [4.69, 9.17) is 4.74 Å². The predicted octanol–water partition coefficient (Wildman–Crippen LogP) is 7.15. The highest BCUT2D eigenvalue weighted by atomic mass is 32.2. The second kappa shape index (κ2) is 15.5. The Balaban J connectivity index is 1.16. The minimum Gasteiger partial charge on any atom is -0.446 e. The summed E-state index contributed by atoms with van der Waals surface area (Å²) in [7, 11) is 0. The highest BCUT2D eigenvalue weighted by Crippen LogP contribution is 2.43. The maximum absolute atomic E-state index is 12.4. The van der Waals surface area contributed by atoms with Crippen LogP contribution in [-0.2, 0) is 10.2 Å². The number of nitrogens with one attached hydrogen (secondary N) is 1. The molecule has 1 aromatic heterocycles. The van der Waals surface area contributed by atoms with Crippen molar-refractivity contribution in [1.82, 2.24) is 15.2 Å². The molecule has 1 N–H and O–H groups in total. The largest absolute Gasteiger partial charge is 0.446 e. The van der Waals surface area contributed by atoms with Crippen molar-refractivity contribution < 1.29 is 9.53 Å². The molecule has 3 aromatic rings. The molecule has 2 aromatic carbocycles. The molecule has 0 spiro atoms. The number of likely N-dealkylation sites (tertiary alicyclic amines) is 1. The number of pyridine rings is 1. The molecule has 2 aliphatic rings. The molecule has 2 atom stereocenters. The Morgan fingerprint density at radius 2 is 1.73 bits per heavy atom. The van der Waals surface area contributed by atoms with E-state index in [-0.39, 0.29) is 12.0 Å². The lowest BCUT2D eigenvalue weighted by Gasteiger charge is -2.46. The third-order valence-electron chi connectivity index (χ3n) is 9.09. The third-order valence-corrected chi connectivity index (χ3v) is 10.1. The fourth-order valence-corrected chi connectivity index (χ4v) is 7.62. The summed E-state index contributed by atoms with van der Waals surface area (Å²) in [6.45, 7) is 9.76. The van der Waals surface area contributed by atoms with Gasteiger partial charge in [0.05, 0.1) is 11.5 Å². The van der Waals surface area contributed by atoms with Crippen molar-refractivity contribution in [3.05, 3.63) is 84.7 Å². The zero-order chi connectivity index (χ0) is 30.8. The second-order valence-corrected chi connectivity index (χ2v) is 13.3. The van der Waals surface area contributed by atoms with Gasteiger partial charge >= 0.3 is 6.09 Å². The molecule has 3 heterocycles. The molecule has 44 heavy (non-hydrogen) atoms. The number of hydrogen-bond acceptors (Lipinski definition) is 7. The number of nitriles is 1. The average Bonchev–Trinajstić information content (AvgIpc) is 3.03. The van der Waals surface area contributed by atoms with Crippen LogP contribution >= 0.6 is 11.8 Å². The number of nitrogens with zero attached hydrogens (tertiary/aromatic N) is 4. The van der Waals surface area contributed by atoms with Crippen molar-refractivity contribution in [1.29, 1.82) is 5.26 Å². The zero-order valence-electron chi connectivity index (χ0n) is 26.0. The Bertz CT molecular complexity index is 1350. The van der Waals surface area contributed by atoms with Crippen LogP contribution in [0.3, 0.4) is 0 Å². The standard InChI is InChI=1S/C36H45N5O2S/c1-3-8-32(43-35(42)39-4-2)23-36(27-37,29-9-6-5-7-10-29)30-17-21-40(22-18-30)24-28-25-41(26-28)31-11-13-33(14-12-31)44-34-15-19-38-20-16-34/h5-7,9-16,19-20,28,30,32H,3-4,8,17-18,21-26H2,1-2H3,(H,39,42). The maximum Gasteiger partial charge on any atom is 0.407 e. The first-order chi connectivity index (χ1) is 21.5. The van der Waals surface area contributed by atoms with Gasteiger partial charge in [-0.15, -0.1) is 0 Å². The number of piperidine rings is 1. The summed E-state index contributed by atoms with van der Waals surface area (Å²) in [6.07, 6.45) is 7.08. The van der Waals surface area contributed by atoms with Crippen molar-refractivity contribution >= 4 is 23.5 Å². The molecule has 0 aliphatic carbocycles. The van der Waals surface area contributed by atoms with Crippen LogP contribution in [-0.4, -0.2) is 61.3 Å². The summed E-state index contributed by atoms with van der Waals surface area (Å²) in [5, 5.41) is 13.6. The number of benzene rings is 2. The number of alkyl carbamates (subject to hydrolysis) is 1. The summed E-state index contributed by atoms with van der Waals surface area (Å²) in [4.78, 5) is 24.0. The SMILES string of the molecule is CCCC(CC(C#N)(c1ccccc1)C1CCN(CC2CN(c3ccc(Sc4ccncc4)cc3)C2)CC1)OC(=O)NCC. The van der Waals surface area contributed by atoms with Crippen LogP contribution in [0.25, 0.3) is 0 Å². The lowest BCUT2D eigenvalue weighted by atomic mass is 9.64. The monoisotopic (exact) mass is 611 g/mol. The lowest BCUT2D eigenvalue weighted by Crippen LogP contribution is -2.53. The van der Waals surface area contributed by atoms with E-state index in [1.165, 1.54) is 15.5 Å². The highest BCUT2D eigenvalue weighted by Gasteiger charge is 2.45. The Morgan fingerprint density at radius 3 is 2.36 bits per heavy atom. The summed E-state index contributed by atoms with van der Waals surface area (Å²) >= 11 is 1.76. The quantitative estimate of drug-likeness (QED) is 0.220. The Kier molecular flexibility index (Phi) is 11.2. The molecule has 8 heteroatoms. The first-order valence-corrected chi connectivity index (χ1v) is 16.9. The molecule has 2 aliphatic heterocycles. The normalized spacial score (nSPS) is 18.1. The van der Waals surface area contributed by atoms with Crippen LogP contribution in [0, 0.1) is 23.2 Å². The van der Waals surface area contributed by atoms with Gasteiger partial charge in [0.1, 0.15) is 6.10 Å². The van der Waals surface area contributed by atoms with E-state index in [1.807, 2.05) is 49.6 Å². The lowest BCUT2D eigenvalue weighted by molar-refractivity contribution is 0.0571. The summed E-state index contributed by atoms with van der Waals surface area (Å²) < 4.78 is 5.86. The van der Waals surface area contributed by atoms with Crippen molar-refractivity contribution in [2.24, 2.45) is 11.8 Å². The van der Waals surface area contributed by atoms with E-state index in [2.05, 4.69) is 69.5 Å². The van der Waals surface area contributed by atoms with E-state index in [0.29, 0.717) is 18.9 Å². The molecule has 0 bridgehead atoms. The second-order valence-electron chi connectivity index (χ2n) is 12.1. The predicted molar refractivity (Wildman–Crippen MR) is 177 cm³/mol. The van der Waals surface area contributed by atoms with Crippen LogP contribution in [0.5, 0.6) is 0 Å². The van der Waals surface area contributed by atoms with Crippen molar-refractivity contribution in [3.63, 3.8) is 0 Å². The average molecular weight is 612 g/mol. The first kappa shape index (κ1) is 31.9. The molecular weight excluding hydrogens is 566 g/mol. The number of rotatable bonds is 13. The van der Waals surface area contributed by atoms with Gasteiger partial charge in [0.2, 0.25) is 0 Å².